The third-order valence-corrected chi connectivity index (χ3v) is 5.44. The second kappa shape index (κ2) is 8.62. The highest BCUT2D eigenvalue weighted by Crippen LogP contribution is 2.25. The number of amides is 1. The first-order valence-corrected chi connectivity index (χ1v) is 10.2. The number of nitrogens with zero attached hydrogens (tertiary/aromatic N) is 3. The van der Waals surface area contributed by atoms with Gasteiger partial charge >= 0.3 is 0 Å². The van der Waals surface area contributed by atoms with E-state index in [9.17, 15) is 4.79 Å². The van der Waals surface area contributed by atoms with Gasteiger partial charge in [0.25, 0.3) is 0 Å². The number of aromatic nitrogens is 2. The highest BCUT2D eigenvalue weighted by atomic mass is 35.5. The summed E-state index contributed by atoms with van der Waals surface area (Å²) in [5.74, 6) is 0.754. The molecule has 0 bridgehead atoms. The number of rotatable bonds is 4. The van der Waals surface area contributed by atoms with E-state index in [0.717, 1.165) is 42.1 Å². The molecule has 1 aliphatic rings. The van der Waals surface area contributed by atoms with Gasteiger partial charge in [-0.1, -0.05) is 35.4 Å². The van der Waals surface area contributed by atoms with Crippen molar-refractivity contribution in [2.24, 2.45) is 5.92 Å². The van der Waals surface area contributed by atoms with Crippen LogP contribution in [0.3, 0.4) is 0 Å². The Bertz CT molecular complexity index is 989. The molecule has 0 radical (unpaired) electrons. The van der Waals surface area contributed by atoms with E-state index in [4.69, 9.17) is 11.6 Å². The molecule has 2 aromatic carbocycles. The van der Waals surface area contributed by atoms with Crippen LogP contribution in [-0.4, -0.2) is 29.2 Å². The lowest BCUT2D eigenvalue weighted by Crippen LogP contribution is -2.41. The molecule has 6 heteroatoms. The summed E-state index contributed by atoms with van der Waals surface area (Å²) in [4.78, 5) is 14.8. The van der Waals surface area contributed by atoms with Gasteiger partial charge in [0.05, 0.1) is 11.6 Å². The second-order valence-corrected chi connectivity index (χ2v) is 7.86. The fourth-order valence-corrected chi connectivity index (χ4v) is 3.76. The molecule has 1 fully saturated rings. The summed E-state index contributed by atoms with van der Waals surface area (Å²) in [5.41, 5.74) is 3.87. The van der Waals surface area contributed by atoms with Crippen LogP contribution in [0.2, 0.25) is 5.02 Å². The maximum atomic E-state index is 12.7. The number of carbonyl (C=O) groups is 1. The number of hydrogen-bond acceptors (Lipinski definition) is 4. The van der Waals surface area contributed by atoms with Crippen molar-refractivity contribution < 1.29 is 4.79 Å². The molecule has 0 saturated carbocycles. The molecule has 29 heavy (non-hydrogen) atoms. The summed E-state index contributed by atoms with van der Waals surface area (Å²) < 4.78 is 0. The minimum atomic E-state index is -0.0855. The van der Waals surface area contributed by atoms with E-state index in [1.807, 2.05) is 36.4 Å². The average Bonchev–Trinajstić information content (AvgIpc) is 2.75. The predicted molar refractivity (Wildman–Crippen MR) is 117 cm³/mol. The molecule has 1 unspecified atom stereocenters. The molecule has 148 valence electrons. The molecule has 1 saturated heterocycles. The number of carbonyl (C=O) groups excluding carboxylic acids is 1. The standard InChI is InChI=1S/C23H23ClN4O/c1-16-4-2-5-17(14-16)21-11-12-22(27-26-21)28-13-3-6-18(15-28)23(29)25-20-9-7-19(24)8-10-20/h2,4-5,7-12,14,18H,3,6,13,15H2,1H3,(H,25,29). The fraction of sp³-hybridized carbons (Fsp3) is 0.261. The molecule has 2 heterocycles. The quantitative estimate of drug-likeness (QED) is 0.665. The van der Waals surface area contributed by atoms with Crippen molar-refractivity contribution in [3.63, 3.8) is 0 Å². The maximum absolute atomic E-state index is 12.7. The summed E-state index contributed by atoms with van der Waals surface area (Å²) in [7, 11) is 0. The molecular weight excluding hydrogens is 384 g/mol. The van der Waals surface area contributed by atoms with E-state index in [0.29, 0.717) is 11.6 Å². The smallest absolute Gasteiger partial charge is 0.229 e. The lowest BCUT2D eigenvalue weighted by atomic mass is 9.97. The van der Waals surface area contributed by atoms with Gasteiger partial charge < -0.3 is 10.2 Å². The Labute approximate surface area is 175 Å². The van der Waals surface area contributed by atoms with Crippen molar-refractivity contribution in [2.75, 3.05) is 23.3 Å². The van der Waals surface area contributed by atoms with E-state index < -0.39 is 0 Å². The summed E-state index contributed by atoms with van der Waals surface area (Å²) in [5, 5.41) is 12.5. The van der Waals surface area contributed by atoms with Crippen molar-refractivity contribution in [1.29, 1.82) is 0 Å². The third kappa shape index (κ3) is 4.74. The van der Waals surface area contributed by atoms with E-state index >= 15 is 0 Å². The van der Waals surface area contributed by atoms with Crippen molar-refractivity contribution in [3.05, 3.63) is 71.2 Å². The van der Waals surface area contributed by atoms with Gasteiger partial charge in [0, 0.05) is 29.4 Å². The molecule has 1 amide bonds. The van der Waals surface area contributed by atoms with Crippen LogP contribution in [0.15, 0.2) is 60.7 Å². The lowest BCUT2D eigenvalue weighted by molar-refractivity contribution is -0.120. The van der Waals surface area contributed by atoms with E-state index in [1.54, 1.807) is 12.1 Å². The van der Waals surface area contributed by atoms with Crippen LogP contribution < -0.4 is 10.2 Å². The van der Waals surface area contributed by atoms with Crippen LogP contribution in [0.25, 0.3) is 11.3 Å². The first-order valence-electron chi connectivity index (χ1n) is 9.80. The van der Waals surface area contributed by atoms with Gasteiger partial charge in [0.2, 0.25) is 5.91 Å². The second-order valence-electron chi connectivity index (χ2n) is 7.43. The Morgan fingerprint density at radius 3 is 2.66 bits per heavy atom. The van der Waals surface area contributed by atoms with E-state index in [1.165, 1.54) is 5.56 Å². The van der Waals surface area contributed by atoms with Crippen LogP contribution in [0.4, 0.5) is 11.5 Å². The first kappa shape index (κ1) is 19.4. The van der Waals surface area contributed by atoms with Gasteiger partial charge in [-0.2, -0.15) is 0 Å². The molecule has 1 atom stereocenters. The Morgan fingerprint density at radius 1 is 1.10 bits per heavy atom. The van der Waals surface area contributed by atoms with Crippen LogP contribution in [0.1, 0.15) is 18.4 Å². The number of aryl methyl sites for hydroxylation is 1. The summed E-state index contributed by atoms with van der Waals surface area (Å²) >= 11 is 5.91. The lowest BCUT2D eigenvalue weighted by Gasteiger charge is -2.32. The molecule has 0 aliphatic carbocycles. The minimum absolute atomic E-state index is 0.0290. The van der Waals surface area contributed by atoms with Crippen molar-refractivity contribution >= 4 is 29.0 Å². The van der Waals surface area contributed by atoms with Crippen LogP contribution in [0.5, 0.6) is 0 Å². The fourth-order valence-electron chi connectivity index (χ4n) is 3.63. The maximum Gasteiger partial charge on any atom is 0.229 e. The van der Waals surface area contributed by atoms with Gasteiger partial charge in [-0.15, -0.1) is 10.2 Å². The zero-order chi connectivity index (χ0) is 20.2. The largest absolute Gasteiger partial charge is 0.354 e. The monoisotopic (exact) mass is 406 g/mol. The third-order valence-electron chi connectivity index (χ3n) is 5.19. The number of benzene rings is 2. The number of nitrogens with one attached hydrogen (secondary N) is 1. The molecule has 0 spiro atoms. The Kier molecular flexibility index (Phi) is 5.76. The topological polar surface area (TPSA) is 58.1 Å². The van der Waals surface area contributed by atoms with Crippen molar-refractivity contribution in [2.45, 2.75) is 19.8 Å². The molecule has 1 N–H and O–H groups in total. The van der Waals surface area contributed by atoms with Crippen LogP contribution in [-0.2, 0) is 4.79 Å². The summed E-state index contributed by atoms with van der Waals surface area (Å²) in [6, 6.07) is 19.4. The van der Waals surface area contributed by atoms with E-state index in [-0.39, 0.29) is 11.8 Å². The Morgan fingerprint density at radius 2 is 1.93 bits per heavy atom. The number of anilines is 2. The van der Waals surface area contributed by atoms with Crippen molar-refractivity contribution in [3.8, 4) is 11.3 Å². The molecule has 1 aromatic heterocycles. The van der Waals surface area contributed by atoms with Crippen LogP contribution in [0, 0.1) is 12.8 Å². The summed E-state index contributed by atoms with van der Waals surface area (Å²) in [6.07, 6.45) is 1.81. The van der Waals surface area contributed by atoms with E-state index in [2.05, 4.69) is 39.5 Å². The van der Waals surface area contributed by atoms with Gasteiger partial charge in [0.15, 0.2) is 5.82 Å². The van der Waals surface area contributed by atoms with Crippen molar-refractivity contribution in [1.82, 2.24) is 10.2 Å². The number of halogens is 1. The van der Waals surface area contributed by atoms with Crippen LogP contribution >= 0.6 is 11.6 Å². The molecule has 5 nitrogen and oxygen atoms in total. The normalized spacial score (nSPS) is 16.5. The molecule has 1 aliphatic heterocycles. The highest BCUT2D eigenvalue weighted by Gasteiger charge is 2.26. The number of piperidine rings is 1. The molecule has 4 rings (SSSR count). The zero-order valence-corrected chi connectivity index (χ0v) is 17.1. The van der Waals surface area contributed by atoms with Gasteiger partial charge in [-0.3, -0.25) is 4.79 Å². The van der Waals surface area contributed by atoms with Gasteiger partial charge in [-0.05, 0) is 62.2 Å². The molecule has 3 aromatic rings. The Hall–Kier alpha value is -2.92. The van der Waals surface area contributed by atoms with Gasteiger partial charge in [0.1, 0.15) is 0 Å². The Balaban J connectivity index is 1.42. The highest BCUT2D eigenvalue weighted by molar-refractivity contribution is 6.30. The predicted octanol–water partition coefficient (Wildman–Crippen LogP) is 4.96. The number of hydrogen-bond donors (Lipinski definition) is 1. The average molecular weight is 407 g/mol. The zero-order valence-electron chi connectivity index (χ0n) is 16.3. The van der Waals surface area contributed by atoms with Gasteiger partial charge in [-0.25, -0.2) is 0 Å². The minimum Gasteiger partial charge on any atom is -0.354 e. The SMILES string of the molecule is Cc1cccc(-c2ccc(N3CCCC(C(=O)Nc4ccc(Cl)cc4)C3)nn2)c1. The summed E-state index contributed by atoms with van der Waals surface area (Å²) in [6.45, 7) is 3.58. The molecular formula is C23H23ClN4O. The first-order chi connectivity index (χ1) is 14.1.